The molecule has 1 heterocycles. The highest BCUT2D eigenvalue weighted by Gasteiger charge is 2.19. The number of phenols is 1. The zero-order valence-corrected chi connectivity index (χ0v) is 12.6. The number of pyridine rings is 1. The maximum atomic E-state index is 13.3. The summed E-state index contributed by atoms with van der Waals surface area (Å²) in [6.07, 6.45) is 1.63. The zero-order valence-electron chi connectivity index (χ0n) is 11.8. The summed E-state index contributed by atoms with van der Waals surface area (Å²) in [6, 6.07) is 11.6. The fourth-order valence-electron chi connectivity index (χ4n) is 2.57. The second-order valence-corrected chi connectivity index (χ2v) is 5.38. The number of halogens is 2. The van der Waals surface area contributed by atoms with Crippen molar-refractivity contribution in [1.82, 2.24) is 10.3 Å². The number of fused-ring (bicyclic) bond motifs is 1. The Morgan fingerprint density at radius 2 is 2.05 bits per heavy atom. The molecule has 1 atom stereocenters. The second-order valence-electron chi connectivity index (χ2n) is 4.97. The lowest BCUT2D eigenvalue weighted by atomic mass is 9.96. The van der Waals surface area contributed by atoms with Gasteiger partial charge in [-0.1, -0.05) is 35.9 Å². The molecule has 0 bridgehead atoms. The molecule has 3 aromatic rings. The first-order valence-corrected chi connectivity index (χ1v) is 7.18. The van der Waals surface area contributed by atoms with Crippen molar-refractivity contribution in [1.29, 1.82) is 0 Å². The monoisotopic (exact) mass is 316 g/mol. The van der Waals surface area contributed by atoms with Crippen LogP contribution in [0.4, 0.5) is 4.39 Å². The predicted molar refractivity (Wildman–Crippen MR) is 85.7 cm³/mol. The van der Waals surface area contributed by atoms with E-state index in [2.05, 4.69) is 10.3 Å². The Balaban J connectivity index is 2.14. The first-order valence-electron chi connectivity index (χ1n) is 6.80. The highest BCUT2D eigenvalue weighted by Crippen LogP contribution is 2.35. The van der Waals surface area contributed by atoms with Gasteiger partial charge < -0.3 is 10.4 Å². The summed E-state index contributed by atoms with van der Waals surface area (Å²) in [7, 11) is 1.77. The minimum Gasteiger partial charge on any atom is -0.505 e. The number of nitrogens with zero attached hydrogens (tertiary/aromatic N) is 1. The van der Waals surface area contributed by atoms with E-state index in [0.29, 0.717) is 11.1 Å². The van der Waals surface area contributed by atoms with Gasteiger partial charge in [-0.05, 0) is 30.8 Å². The Kier molecular flexibility index (Phi) is 3.96. The largest absolute Gasteiger partial charge is 0.505 e. The molecule has 3 rings (SSSR count). The molecule has 0 saturated carbocycles. The molecule has 0 fully saturated rings. The minimum absolute atomic E-state index is 0.0520. The van der Waals surface area contributed by atoms with Crippen LogP contribution in [-0.4, -0.2) is 17.1 Å². The molecule has 0 amide bonds. The Morgan fingerprint density at radius 1 is 1.23 bits per heavy atom. The van der Waals surface area contributed by atoms with Crippen molar-refractivity contribution < 1.29 is 9.50 Å². The SMILES string of the molecule is CNC(c1ccc(F)c(Cl)c1)c1ccc2cccnc2c1O. The molecule has 2 N–H and O–H groups in total. The van der Waals surface area contributed by atoms with Crippen molar-refractivity contribution >= 4 is 22.5 Å². The second kappa shape index (κ2) is 5.91. The Bertz CT molecular complexity index is 838. The molecular weight excluding hydrogens is 303 g/mol. The van der Waals surface area contributed by atoms with Crippen molar-refractivity contribution in [3.05, 3.63) is 70.6 Å². The number of rotatable bonds is 3. The van der Waals surface area contributed by atoms with Crippen LogP contribution in [0, 0.1) is 5.82 Å². The van der Waals surface area contributed by atoms with Gasteiger partial charge in [-0.15, -0.1) is 0 Å². The van der Waals surface area contributed by atoms with Crippen molar-refractivity contribution in [2.75, 3.05) is 7.05 Å². The molecule has 0 saturated heterocycles. The normalized spacial score (nSPS) is 12.5. The molecule has 0 aliphatic carbocycles. The van der Waals surface area contributed by atoms with Gasteiger partial charge >= 0.3 is 0 Å². The molecule has 2 aromatic carbocycles. The standard InChI is InChI=1S/C17H14ClFN2O/c1-20-15(11-5-7-14(19)13(18)9-11)12-6-4-10-3-2-8-21-16(10)17(12)22/h2-9,15,20,22H,1H3. The fourth-order valence-corrected chi connectivity index (χ4v) is 2.76. The van der Waals surface area contributed by atoms with E-state index in [0.717, 1.165) is 10.9 Å². The third-order valence-electron chi connectivity index (χ3n) is 3.66. The maximum Gasteiger partial charge on any atom is 0.146 e. The van der Waals surface area contributed by atoms with Crippen LogP contribution in [-0.2, 0) is 0 Å². The Morgan fingerprint density at radius 3 is 2.77 bits per heavy atom. The van der Waals surface area contributed by atoms with Gasteiger partial charge in [-0.25, -0.2) is 4.39 Å². The van der Waals surface area contributed by atoms with Crippen LogP contribution in [0.5, 0.6) is 5.75 Å². The summed E-state index contributed by atoms with van der Waals surface area (Å²) in [4.78, 5) is 4.22. The molecule has 5 heteroatoms. The first kappa shape index (κ1) is 14.8. The van der Waals surface area contributed by atoms with Gasteiger partial charge in [0, 0.05) is 17.1 Å². The molecule has 0 aliphatic rings. The van der Waals surface area contributed by atoms with E-state index in [1.54, 1.807) is 25.4 Å². The van der Waals surface area contributed by atoms with Crippen LogP contribution in [0.2, 0.25) is 5.02 Å². The van der Waals surface area contributed by atoms with E-state index in [-0.39, 0.29) is 16.8 Å². The average molecular weight is 317 g/mol. The van der Waals surface area contributed by atoms with Crippen molar-refractivity contribution in [3.8, 4) is 5.75 Å². The lowest BCUT2D eigenvalue weighted by Crippen LogP contribution is -2.18. The quantitative estimate of drug-likeness (QED) is 0.766. The van der Waals surface area contributed by atoms with Gasteiger partial charge in [-0.3, -0.25) is 4.98 Å². The van der Waals surface area contributed by atoms with Gasteiger partial charge in [-0.2, -0.15) is 0 Å². The molecule has 0 spiro atoms. The number of hydrogen-bond acceptors (Lipinski definition) is 3. The first-order chi connectivity index (χ1) is 10.6. The number of phenolic OH excluding ortho intramolecular Hbond substituents is 1. The van der Waals surface area contributed by atoms with E-state index < -0.39 is 5.82 Å². The number of aromatic nitrogens is 1. The van der Waals surface area contributed by atoms with Crippen molar-refractivity contribution in [2.45, 2.75) is 6.04 Å². The van der Waals surface area contributed by atoms with Crippen molar-refractivity contribution in [3.63, 3.8) is 0 Å². The number of benzene rings is 2. The van der Waals surface area contributed by atoms with E-state index in [1.807, 2.05) is 24.3 Å². The molecule has 0 aliphatic heterocycles. The summed E-state index contributed by atoms with van der Waals surface area (Å²) in [5.41, 5.74) is 1.96. The van der Waals surface area contributed by atoms with Gasteiger partial charge in [0.1, 0.15) is 17.1 Å². The van der Waals surface area contributed by atoms with Crippen LogP contribution >= 0.6 is 11.6 Å². The topological polar surface area (TPSA) is 45.2 Å². The van der Waals surface area contributed by atoms with E-state index in [4.69, 9.17) is 11.6 Å². The average Bonchev–Trinajstić information content (AvgIpc) is 2.54. The third-order valence-corrected chi connectivity index (χ3v) is 3.95. The predicted octanol–water partition coefficient (Wildman–Crippen LogP) is 4.04. The van der Waals surface area contributed by atoms with Gasteiger partial charge in [0.05, 0.1) is 11.1 Å². The lowest BCUT2D eigenvalue weighted by molar-refractivity contribution is 0.466. The van der Waals surface area contributed by atoms with Crippen LogP contribution in [0.25, 0.3) is 10.9 Å². The highest BCUT2D eigenvalue weighted by atomic mass is 35.5. The van der Waals surface area contributed by atoms with Gasteiger partial charge in [0.25, 0.3) is 0 Å². The Hall–Kier alpha value is -2.17. The fraction of sp³-hybridized carbons (Fsp3) is 0.118. The lowest BCUT2D eigenvalue weighted by Gasteiger charge is -2.19. The van der Waals surface area contributed by atoms with Crippen LogP contribution < -0.4 is 5.32 Å². The molecular formula is C17H14ClFN2O. The smallest absolute Gasteiger partial charge is 0.146 e. The van der Waals surface area contributed by atoms with E-state index in [1.165, 1.54) is 6.07 Å². The molecule has 112 valence electrons. The maximum absolute atomic E-state index is 13.3. The molecule has 0 radical (unpaired) electrons. The van der Waals surface area contributed by atoms with E-state index >= 15 is 0 Å². The Labute approximate surface area is 132 Å². The number of nitrogens with one attached hydrogen (secondary N) is 1. The van der Waals surface area contributed by atoms with E-state index in [9.17, 15) is 9.50 Å². The molecule has 1 aromatic heterocycles. The minimum atomic E-state index is -0.468. The molecule has 3 nitrogen and oxygen atoms in total. The van der Waals surface area contributed by atoms with Crippen LogP contribution in [0.15, 0.2) is 48.7 Å². The summed E-state index contributed by atoms with van der Waals surface area (Å²) < 4.78 is 13.3. The summed E-state index contributed by atoms with van der Waals surface area (Å²) in [5.74, 6) is -0.359. The number of aromatic hydroxyl groups is 1. The summed E-state index contributed by atoms with van der Waals surface area (Å²) >= 11 is 5.86. The third kappa shape index (κ3) is 2.51. The van der Waals surface area contributed by atoms with Gasteiger partial charge in [0.15, 0.2) is 0 Å². The number of hydrogen-bond donors (Lipinski definition) is 2. The van der Waals surface area contributed by atoms with Crippen LogP contribution in [0.1, 0.15) is 17.2 Å². The van der Waals surface area contributed by atoms with Gasteiger partial charge in [0.2, 0.25) is 0 Å². The van der Waals surface area contributed by atoms with Crippen molar-refractivity contribution in [2.24, 2.45) is 0 Å². The zero-order chi connectivity index (χ0) is 15.7. The summed E-state index contributed by atoms with van der Waals surface area (Å²) in [5, 5.41) is 14.6. The molecule has 22 heavy (non-hydrogen) atoms. The summed E-state index contributed by atoms with van der Waals surface area (Å²) in [6.45, 7) is 0. The molecule has 1 unspecified atom stereocenters. The van der Waals surface area contributed by atoms with Crippen LogP contribution in [0.3, 0.4) is 0 Å². The highest BCUT2D eigenvalue weighted by molar-refractivity contribution is 6.30.